The summed E-state index contributed by atoms with van der Waals surface area (Å²) in [5.41, 5.74) is 2.54. The van der Waals surface area contributed by atoms with Gasteiger partial charge in [0, 0.05) is 17.2 Å². The molecule has 0 saturated heterocycles. The first-order chi connectivity index (χ1) is 8.10. The zero-order valence-corrected chi connectivity index (χ0v) is 9.60. The minimum absolute atomic E-state index is 0.0763. The molecular weight excluding hydrogens is 218 g/mol. The summed E-state index contributed by atoms with van der Waals surface area (Å²) in [7, 11) is 0. The molecule has 1 saturated carbocycles. The molecule has 88 valence electrons. The highest BCUT2D eigenvalue weighted by Crippen LogP contribution is 2.44. The Labute approximate surface area is 99.1 Å². The van der Waals surface area contributed by atoms with Crippen LogP contribution in [0.3, 0.4) is 0 Å². The molecule has 0 N–H and O–H groups in total. The number of hydrogen-bond donors (Lipinski definition) is 0. The molecule has 0 aliphatic heterocycles. The molecule has 0 bridgehead atoms. The predicted octanol–water partition coefficient (Wildman–Crippen LogP) is 3.24. The number of hydrogen-bond acceptors (Lipinski definition) is 3. The number of carbonyl (C=O) groups is 1. The summed E-state index contributed by atoms with van der Waals surface area (Å²) in [6.07, 6.45) is 4.30. The van der Waals surface area contributed by atoms with Gasteiger partial charge in [0.25, 0.3) is 5.69 Å². The molecule has 1 aromatic carbocycles. The van der Waals surface area contributed by atoms with Gasteiger partial charge in [-0.15, -0.1) is 0 Å². The third-order valence-electron chi connectivity index (χ3n) is 3.22. The summed E-state index contributed by atoms with van der Waals surface area (Å²) in [5.74, 6) is 0.299. The standard InChI is InChI=1S/C13H13NO3/c1-3-10-8(2)13(14(16)17)6-11(9-4-5-9)12(10)7-15/h3,6-7,9H,1,4-5H2,2H3. The number of benzene rings is 1. The molecule has 1 aliphatic carbocycles. The summed E-state index contributed by atoms with van der Waals surface area (Å²) >= 11 is 0. The van der Waals surface area contributed by atoms with Crippen molar-refractivity contribution in [2.75, 3.05) is 0 Å². The van der Waals surface area contributed by atoms with E-state index in [-0.39, 0.29) is 5.69 Å². The lowest BCUT2D eigenvalue weighted by Crippen LogP contribution is -2.02. The van der Waals surface area contributed by atoms with Gasteiger partial charge in [0.1, 0.15) is 0 Å². The maximum absolute atomic E-state index is 11.2. The van der Waals surface area contributed by atoms with Crippen molar-refractivity contribution in [1.29, 1.82) is 0 Å². The minimum atomic E-state index is -0.400. The van der Waals surface area contributed by atoms with Crippen molar-refractivity contribution in [3.05, 3.63) is 45.0 Å². The molecule has 17 heavy (non-hydrogen) atoms. The molecule has 4 heteroatoms. The van der Waals surface area contributed by atoms with E-state index in [1.807, 2.05) is 0 Å². The van der Waals surface area contributed by atoms with Crippen LogP contribution in [0.2, 0.25) is 0 Å². The zero-order valence-electron chi connectivity index (χ0n) is 9.60. The molecule has 2 rings (SSSR count). The van der Waals surface area contributed by atoms with Crippen LogP contribution in [0, 0.1) is 17.0 Å². The summed E-state index contributed by atoms with van der Waals surface area (Å²) in [6.45, 7) is 5.29. The van der Waals surface area contributed by atoms with Crippen molar-refractivity contribution in [3.8, 4) is 0 Å². The fourth-order valence-electron chi connectivity index (χ4n) is 2.15. The highest BCUT2D eigenvalue weighted by molar-refractivity contribution is 5.87. The van der Waals surface area contributed by atoms with Gasteiger partial charge in [-0.05, 0) is 36.8 Å². The maximum atomic E-state index is 11.2. The second-order valence-electron chi connectivity index (χ2n) is 4.29. The summed E-state index contributed by atoms with van der Waals surface area (Å²) in [4.78, 5) is 21.7. The van der Waals surface area contributed by atoms with Gasteiger partial charge in [-0.1, -0.05) is 12.7 Å². The van der Waals surface area contributed by atoms with E-state index in [0.29, 0.717) is 22.6 Å². The van der Waals surface area contributed by atoms with Gasteiger partial charge >= 0.3 is 0 Å². The molecule has 0 aromatic heterocycles. The third-order valence-corrected chi connectivity index (χ3v) is 3.22. The largest absolute Gasteiger partial charge is 0.298 e. The Balaban J connectivity index is 2.74. The normalized spacial score (nSPS) is 14.4. The Kier molecular flexibility index (Phi) is 2.79. The maximum Gasteiger partial charge on any atom is 0.273 e. The van der Waals surface area contributed by atoms with E-state index in [4.69, 9.17) is 0 Å². The Morgan fingerprint density at radius 1 is 1.47 bits per heavy atom. The Morgan fingerprint density at radius 3 is 2.53 bits per heavy atom. The molecular formula is C13H13NO3. The van der Waals surface area contributed by atoms with E-state index < -0.39 is 4.92 Å². The van der Waals surface area contributed by atoms with Gasteiger partial charge < -0.3 is 0 Å². The minimum Gasteiger partial charge on any atom is -0.298 e. The highest BCUT2D eigenvalue weighted by Gasteiger charge is 2.30. The fourth-order valence-corrected chi connectivity index (χ4v) is 2.15. The van der Waals surface area contributed by atoms with Crippen LogP contribution in [0.25, 0.3) is 6.08 Å². The van der Waals surface area contributed by atoms with E-state index >= 15 is 0 Å². The number of nitro benzene ring substituents is 1. The number of aldehydes is 1. The third kappa shape index (κ3) is 1.86. The quantitative estimate of drug-likeness (QED) is 0.454. The Hall–Kier alpha value is -1.97. The van der Waals surface area contributed by atoms with Crippen LogP contribution in [0.5, 0.6) is 0 Å². The van der Waals surface area contributed by atoms with Crippen LogP contribution < -0.4 is 0 Å². The first kappa shape index (κ1) is 11.5. The molecule has 0 spiro atoms. The van der Waals surface area contributed by atoms with E-state index in [1.165, 1.54) is 6.08 Å². The van der Waals surface area contributed by atoms with Crippen molar-refractivity contribution >= 4 is 18.0 Å². The second kappa shape index (κ2) is 4.13. The van der Waals surface area contributed by atoms with E-state index in [0.717, 1.165) is 24.7 Å². The average molecular weight is 231 g/mol. The van der Waals surface area contributed by atoms with Gasteiger partial charge in [0.2, 0.25) is 0 Å². The van der Waals surface area contributed by atoms with Crippen LogP contribution in [0.1, 0.15) is 45.8 Å². The molecule has 4 nitrogen and oxygen atoms in total. The molecule has 0 heterocycles. The SMILES string of the molecule is C=Cc1c(C)c([N+](=O)[O-])cc(C2CC2)c1C=O. The van der Waals surface area contributed by atoms with Crippen LogP contribution in [0.4, 0.5) is 5.69 Å². The number of nitro groups is 1. The van der Waals surface area contributed by atoms with Crippen LogP contribution >= 0.6 is 0 Å². The van der Waals surface area contributed by atoms with Crippen LogP contribution in [0.15, 0.2) is 12.6 Å². The summed E-state index contributed by atoms with van der Waals surface area (Å²) in [6, 6.07) is 1.55. The smallest absolute Gasteiger partial charge is 0.273 e. The van der Waals surface area contributed by atoms with E-state index in [1.54, 1.807) is 13.0 Å². The van der Waals surface area contributed by atoms with Crippen molar-refractivity contribution < 1.29 is 9.72 Å². The number of carbonyl (C=O) groups excluding carboxylic acids is 1. The molecule has 1 aromatic rings. The van der Waals surface area contributed by atoms with Crippen LogP contribution in [-0.2, 0) is 0 Å². The van der Waals surface area contributed by atoms with Crippen molar-refractivity contribution in [2.45, 2.75) is 25.7 Å². The number of nitrogens with zero attached hydrogens (tertiary/aromatic N) is 1. The first-order valence-corrected chi connectivity index (χ1v) is 5.49. The lowest BCUT2D eigenvalue weighted by atomic mass is 9.93. The fraction of sp³-hybridized carbons (Fsp3) is 0.308. The molecule has 0 amide bonds. The topological polar surface area (TPSA) is 60.2 Å². The van der Waals surface area contributed by atoms with E-state index in [9.17, 15) is 14.9 Å². The van der Waals surface area contributed by atoms with Crippen LogP contribution in [-0.4, -0.2) is 11.2 Å². The Bertz CT molecular complexity index is 516. The summed E-state index contributed by atoms with van der Waals surface area (Å²) < 4.78 is 0. The zero-order chi connectivity index (χ0) is 12.6. The van der Waals surface area contributed by atoms with Crippen molar-refractivity contribution in [1.82, 2.24) is 0 Å². The first-order valence-electron chi connectivity index (χ1n) is 5.49. The van der Waals surface area contributed by atoms with Gasteiger partial charge in [0.05, 0.1) is 4.92 Å². The van der Waals surface area contributed by atoms with Gasteiger partial charge in [0.15, 0.2) is 6.29 Å². The molecule has 0 radical (unpaired) electrons. The van der Waals surface area contributed by atoms with Crippen molar-refractivity contribution in [2.24, 2.45) is 0 Å². The molecule has 1 fully saturated rings. The van der Waals surface area contributed by atoms with E-state index in [2.05, 4.69) is 6.58 Å². The van der Waals surface area contributed by atoms with Gasteiger partial charge in [-0.2, -0.15) is 0 Å². The lowest BCUT2D eigenvalue weighted by Gasteiger charge is -2.10. The molecule has 0 atom stereocenters. The Morgan fingerprint density at radius 2 is 2.12 bits per heavy atom. The monoisotopic (exact) mass is 231 g/mol. The van der Waals surface area contributed by atoms with Crippen molar-refractivity contribution in [3.63, 3.8) is 0 Å². The highest BCUT2D eigenvalue weighted by atomic mass is 16.6. The summed E-state index contributed by atoms with van der Waals surface area (Å²) in [5, 5.41) is 11.0. The predicted molar refractivity (Wildman–Crippen MR) is 65.3 cm³/mol. The lowest BCUT2D eigenvalue weighted by molar-refractivity contribution is -0.385. The molecule has 0 unspecified atom stereocenters. The van der Waals surface area contributed by atoms with Gasteiger partial charge in [-0.25, -0.2) is 0 Å². The second-order valence-corrected chi connectivity index (χ2v) is 4.29. The average Bonchev–Trinajstić information content (AvgIpc) is 3.11. The number of rotatable bonds is 4. The molecule has 1 aliphatic rings. The van der Waals surface area contributed by atoms with Gasteiger partial charge in [-0.3, -0.25) is 14.9 Å².